The summed E-state index contributed by atoms with van der Waals surface area (Å²) in [7, 11) is 0. The number of hydrogen-bond donors (Lipinski definition) is 0. The Balaban J connectivity index is 1.81. The highest BCUT2D eigenvalue weighted by molar-refractivity contribution is 9.10. The standard InChI is InChI=1S/C15H18BrNO/c1-10(18)14-6-5-13(7-15(14)16)17-8-11-3-2-4-12(11)9-17/h5-7,11-12H,2-4,8-9H2,1H3. The summed E-state index contributed by atoms with van der Waals surface area (Å²) >= 11 is 3.51. The van der Waals surface area contributed by atoms with Crippen molar-refractivity contribution in [3.8, 4) is 0 Å². The van der Waals surface area contributed by atoms with Gasteiger partial charge >= 0.3 is 0 Å². The second-order valence-corrected chi connectivity index (χ2v) is 6.43. The Morgan fingerprint density at radius 3 is 2.50 bits per heavy atom. The van der Waals surface area contributed by atoms with Crippen molar-refractivity contribution in [2.75, 3.05) is 18.0 Å². The van der Waals surface area contributed by atoms with E-state index in [0.29, 0.717) is 0 Å². The third-order valence-corrected chi connectivity index (χ3v) is 5.08. The van der Waals surface area contributed by atoms with Gasteiger partial charge in [0.15, 0.2) is 5.78 Å². The molecule has 1 saturated carbocycles. The first-order valence-corrected chi connectivity index (χ1v) is 7.50. The molecule has 1 heterocycles. The molecule has 2 unspecified atom stereocenters. The van der Waals surface area contributed by atoms with Gasteiger partial charge in [-0.1, -0.05) is 6.42 Å². The van der Waals surface area contributed by atoms with E-state index in [2.05, 4.69) is 33.0 Å². The lowest BCUT2D eigenvalue weighted by Gasteiger charge is -2.20. The SMILES string of the molecule is CC(=O)c1ccc(N2CC3CCCC3C2)cc1Br. The molecule has 96 valence electrons. The molecule has 3 heteroatoms. The van der Waals surface area contributed by atoms with E-state index in [1.54, 1.807) is 6.92 Å². The Bertz CT molecular complexity index is 473. The third-order valence-electron chi connectivity index (χ3n) is 4.42. The molecule has 1 aromatic carbocycles. The lowest BCUT2D eigenvalue weighted by atomic mass is 10.0. The maximum Gasteiger partial charge on any atom is 0.160 e. The number of anilines is 1. The summed E-state index contributed by atoms with van der Waals surface area (Å²) in [5.74, 6) is 1.92. The number of carbonyl (C=O) groups is 1. The Morgan fingerprint density at radius 1 is 1.28 bits per heavy atom. The second kappa shape index (κ2) is 4.69. The van der Waals surface area contributed by atoms with Crippen molar-refractivity contribution in [1.29, 1.82) is 0 Å². The molecule has 0 amide bonds. The monoisotopic (exact) mass is 307 g/mol. The average molecular weight is 308 g/mol. The predicted octanol–water partition coefficient (Wildman–Crippen LogP) is 3.89. The molecule has 1 saturated heterocycles. The summed E-state index contributed by atoms with van der Waals surface area (Å²) in [5, 5.41) is 0. The molecule has 1 aliphatic heterocycles. The van der Waals surface area contributed by atoms with E-state index in [4.69, 9.17) is 0 Å². The molecule has 2 atom stereocenters. The van der Waals surface area contributed by atoms with Gasteiger partial charge in [0.05, 0.1) is 0 Å². The Labute approximate surface area is 116 Å². The van der Waals surface area contributed by atoms with Crippen LogP contribution in [0.15, 0.2) is 22.7 Å². The van der Waals surface area contributed by atoms with Crippen LogP contribution in [0.3, 0.4) is 0 Å². The van der Waals surface area contributed by atoms with Crippen molar-refractivity contribution >= 4 is 27.4 Å². The molecule has 18 heavy (non-hydrogen) atoms. The molecule has 0 aromatic heterocycles. The number of benzene rings is 1. The molecule has 0 radical (unpaired) electrons. The van der Waals surface area contributed by atoms with E-state index in [1.807, 2.05) is 6.07 Å². The summed E-state index contributed by atoms with van der Waals surface area (Å²) in [4.78, 5) is 13.9. The number of Topliss-reactive ketones (excluding diaryl/α,β-unsaturated/α-hetero) is 1. The lowest BCUT2D eigenvalue weighted by molar-refractivity contribution is 0.101. The maximum absolute atomic E-state index is 11.4. The minimum Gasteiger partial charge on any atom is -0.371 e. The molecule has 2 nitrogen and oxygen atoms in total. The van der Waals surface area contributed by atoms with Crippen molar-refractivity contribution in [3.63, 3.8) is 0 Å². The Kier molecular flexibility index (Phi) is 3.18. The van der Waals surface area contributed by atoms with Crippen LogP contribution >= 0.6 is 15.9 Å². The normalized spacial score (nSPS) is 26.4. The van der Waals surface area contributed by atoms with Crippen LogP contribution in [-0.4, -0.2) is 18.9 Å². The third kappa shape index (κ3) is 2.09. The van der Waals surface area contributed by atoms with Gasteiger partial charge in [0, 0.05) is 28.8 Å². The number of nitrogens with zero attached hydrogens (tertiary/aromatic N) is 1. The summed E-state index contributed by atoms with van der Waals surface area (Å²) < 4.78 is 0.921. The topological polar surface area (TPSA) is 20.3 Å². The van der Waals surface area contributed by atoms with Gasteiger partial charge in [0.2, 0.25) is 0 Å². The number of rotatable bonds is 2. The number of hydrogen-bond acceptors (Lipinski definition) is 2. The average Bonchev–Trinajstić information content (AvgIpc) is 2.87. The molecule has 2 fully saturated rings. The summed E-state index contributed by atoms with van der Waals surface area (Å²) in [5.41, 5.74) is 2.03. The number of carbonyl (C=O) groups excluding carboxylic acids is 1. The van der Waals surface area contributed by atoms with E-state index in [0.717, 1.165) is 21.9 Å². The van der Waals surface area contributed by atoms with Gasteiger partial charge in [-0.15, -0.1) is 0 Å². The van der Waals surface area contributed by atoms with Crippen molar-refractivity contribution in [2.24, 2.45) is 11.8 Å². The van der Waals surface area contributed by atoms with Crippen molar-refractivity contribution in [3.05, 3.63) is 28.2 Å². The van der Waals surface area contributed by atoms with Crippen LogP contribution in [0.1, 0.15) is 36.5 Å². The fourth-order valence-corrected chi connectivity index (χ4v) is 4.08. The number of ketones is 1. The summed E-state index contributed by atoms with van der Waals surface area (Å²) in [6, 6.07) is 6.12. The minimum absolute atomic E-state index is 0.117. The second-order valence-electron chi connectivity index (χ2n) is 5.58. The molecule has 1 aliphatic carbocycles. The van der Waals surface area contributed by atoms with Gasteiger partial charge < -0.3 is 4.90 Å². The zero-order valence-corrected chi connectivity index (χ0v) is 12.2. The van der Waals surface area contributed by atoms with Gasteiger partial charge in [0.25, 0.3) is 0 Å². The molecule has 0 bridgehead atoms. The van der Waals surface area contributed by atoms with Crippen molar-refractivity contribution < 1.29 is 4.79 Å². The van der Waals surface area contributed by atoms with Crippen molar-refractivity contribution in [1.82, 2.24) is 0 Å². The molecular weight excluding hydrogens is 290 g/mol. The first kappa shape index (κ1) is 12.2. The van der Waals surface area contributed by atoms with Crippen LogP contribution in [0.5, 0.6) is 0 Å². The number of halogens is 1. The Morgan fingerprint density at radius 2 is 1.94 bits per heavy atom. The number of fused-ring (bicyclic) bond motifs is 1. The largest absolute Gasteiger partial charge is 0.371 e. The smallest absolute Gasteiger partial charge is 0.160 e. The molecule has 0 N–H and O–H groups in total. The van der Waals surface area contributed by atoms with Gasteiger partial charge in [-0.25, -0.2) is 0 Å². The zero-order valence-electron chi connectivity index (χ0n) is 10.7. The first-order chi connectivity index (χ1) is 8.65. The van der Waals surface area contributed by atoms with Crippen LogP contribution in [0.4, 0.5) is 5.69 Å². The minimum atomic E-state index is 0.117. The molecule has 1 aromatic rings. The first-order valence-electron chi connectivity index (χ1n) is 6.70. The molecular formula is C15H18BrNO. The zero-order chi connectivity index (χ0) is 12.7. The summed E-state index contributed by atoms with van der Waals surface area (Å²) in [6.07, 6.45) is 4.21. The highest BCUT2D eigenvalue weighted by Crippen LogP contribution is 2.40. The van der Waals surface area contributed by atoms with Gasteiger partial charge in [0.1, 0.15) is 0 Å². The highest BCUT2D eigenvalue weighted by Gasteiger charge is 2.36. The van der Waals surface area contributed by atoms with E-state index in [9.17, 15) is 4.79 Å². The molecule has 0 spiro atoms. The van der Waals surface area contributed by atoms with Crippen LogP contribution in [0, 0.1) is 11.8 Å². The summed E-state index contributed by atoms with van der Waals surface area (Å²) in [6.45, 7) is 3.99. The van der Waals surface area contributed by atoms with Crippen LogP contribution in [-0.2, 0) is 0 Å². The lowest BCUT2D eigenvalue weighted by Crippen LogP contribution is -2.20. The molecule has 2 aliphatic rings. The van der Waals surface area contributed by atoms with Crippen LogP contribution in [0.25, 0.3) is 0 Å². The fourth-order valence-electron chi connectivity index (χ4n) is 3.43. The van der Waals surface area contributed by atoms with E-state index in [-0.39, 0.29) is 5.78 Å². The van der Waals surface area contributed by atoms with Crippen LogP contribution < -0.4 is 4.90 Å². The highest BCUT2D eigenvalue weighted by atomic mass is 79.9. The Hall–Kier alpha value is -0.830. The fraction of sp³-hybridized carbons (Fsp3) is 0.533. The van der Waals surface area contributed by atoms with Gasteiger partial charge in [-0.2, -0.15) is 0 Å². The quantitative estimate of drug-likeness (QED) is 0.773. The predicted molar refractivity (Wildman–Crippen MR) is 77.2 cm³/mol. The van der Waals surface area contributed by atoms with E-state index < -0.39 is 0 Å². The van der Waals surface area contributed by atoms with Gasteiger partial charge in [-0.05, 0) is 65.7 Å². The van der Waals surface area contributed by atoms with Gasteiger partial charge in [-0.3, -0.25) is 4.79 Å². The van der Waals surface area contributed by atoms with E-state index >= 15 is 0 Å². The van der Waals surface area contributed by atoms with Crippen molar-refractivity contribution in [2.45, 2.75) is 26.2 Å². The molecule has 3 rings (SSSR count). The van der Waals surface area contributed by atoms with E-state index in [1.165, 1.54) is 38.0 Å². The maximum atomic E-state index is 11.4. The van der Waals surface area contributed by atoms with Crippen LogP contribution in [0.2, 0.25) is 0 Å².